The Bertz CT molecular complexity index is 525. The Morgan fingerprint density at radius 2 is 2.08 bits per heavy atom. The molecule has 1 aromatic rings. The van der Waals surface area contributed by atoms with Crippen LogP contribution in [0.25, 0.3) is 0 Å². The second-order valence-corrected chi connectivity index (χ2v) is 7.80. The summed E-state index contributed by atoms with van der Waals surface area (Å²) in [7, 11) is 1.84. The number of hydrogen-bond acceptors (Lipinski definition) is 4. The van der Waals surface area contributed by atoms with Crippen LogP contribution in [0.1, 0.15) is 48.2 Å². The maximum Gasteiger partial charge on any atom is 0.191 e. The van der Waals surface area contributed by atoms with E-state index in [9.17, 15) is 0 Å². The van der Waals surface area contributed by atoms with E-state index in [1.807, 2.05) is 7.05 Å². The van der Waals surface area contributed by atoms with Crippen LogP contribution < -0.4 is 10.6 Å². The highest BCUT2D eigenvalue weighted by Gasteiger charge is 2.19. The van der Waals surface area contributed by atoms with Gasteiger partial charge in [0, 0.05) is 44.0 Å². The summed E-state index contributed by atoms with van der Waals surface area (Å²) in [5, 5.41) is 8.02. The van der Waals surface area contributed by atoms with Crippen LogP contribution in [0.2, 0.25) is 0 Å². The van der Waals surface area contributed by atoms with E-state index in [0.717, 1.165) is 48.8 Å². The highest BCUT2D eigenvalue weighted by molar-refractivity contribution is 7.11. The minimum Gasteiger partial charge on any atom is -0.356 e. The first-order valence-electron chi connectivity index (χ1n) is 9.25. The number of aliphatic imine (C=N–C) groups is 1. The maximum absolute atomic E-state index is 4.48. The van der Waals surface area contributed by atoms with E-state index < -0.39 is 0 Å². The SMILES string of the molecule is CCC1CCCCN1CCNC(=NC)NCCc1sc(C)nc1C. The molecule has 1 fully saturated rings. The highest BCUT2D eigenvalue weighted by Crippen LogP contribution is 2.18. The summed E-state index contributed by atoms with van der Waals surface area (Å²) in [6.45, 7) is 10.7. The summed E-state index contributed by atoms with van der Waals surface area (Å²) in [4.78, 5) is 12.8. The molecular formula is C18H33N5S. The van der Waals surface area contributed by atoms with Crippen molar-refractivity contribution in [2.45, 2.75) is 58.9 Å². The fourth-order valence-electron chi connectivity index (χ4n) is 3.46. The minimum absolute atomic E-state index is 0.771. The van der Waals surface area contributed by atoms with Crippen molar-refractivity contribution in [1.82, 2.24) is 20.5 Å². The number of aryl methyl sites for hydroxylation is 2. The van der Waals surface area contributed by atoms with Crippen LogP contribution in [0.15, 0.2) is 4.99 Å². The summed E-state index contributed by atoms with van der Waals surface area (Å²) in [6.07, 6.45) is 6.36. The summed E-state index contributed by atoms with van der Waals surface area (Å²) in [5.74, 6) is 0.902. The number of nitrogens with zero attached hydrogens (tertiary/aromatic N) is 3. The molecule has 0 aliphatic carbocycles. The number of likely N-dealkylation sites (tertiary alicyclic amines) is 1. The van der Waals surface area contributed by atoms with Gasteiger partial charge in [-0.25, -0.2) is 4.98 Å². The van der Waals surface area contributed by atoms with E-state index in [4.69, 9.17) is 0 Å². The number of rotatable bonds is 7. The molecule has 1 atom stereocenters. The van der Waals surface area contributed by atoms with Crippen LogP contribution in [0.4, 0.5) is 0 Å². The molecule has 6 heteroatoms. The largest absolute Gasteiger partial charge is 0.356 e. The molecule has 2 heterocycles. The van der Waals surface area contributed by atoms with Gasteiger partial charge in [-0.05, 0) is 39.7 Å². The van der Waals surface area contributed by atoms with Crippen molar-refractivity contribution in [3.63, 3.8) is 0 Å². The van der Waals surface area contributed by atoms with E-state index >= 15 is 0 Å². The third-order valence-electron chi connectivity index (χ3n) is 4.78. The predicted molar refractivity (Wildman–Crippen MR) is 104 cm³/mol. The predicted octanol–water partition coefficient (Wildman–Crippen LogP) is 2.73. The first-order chi connectivity index (χ1) is 11.6. The highest BCUT2D eigenvalue weighted by atomic mass is 32.1. The molecule has 1 aliphatic rings. The Kier molecular flexibility index (Phi) is 7.99. The summed E-state index contributed by atoms with van der Waals surface area (Å²) in [6, 6.07) is 0.771. The average molecular weight is 352 g/mol. The van der Waals surface area contributed by atoms with Crippen molar-refractivity contribution >= 4 is 17.3 Å². The maximum atomic E-state index is 4.48. The molecule has 5 nitrogen and oxygen atoms in total. The van der Waals surface area contributed by atoms with E-state index in [2.05, 4.69) is 46.3 Å². The third-order valence-corrected chi connectivity index (χ3v) is 5.91. The number of nitrogens with one attached hydrogen (secondary N) is 2. The molecule has 0 aromatic carbocycles. The molecular weight excluding hydrogens is 318 g/mol. The second-order valence-electron chi connectivity index (χ2n) is 6.51. The summed E-state index contributed by atoms with van der Waals surface area (Å²) >= 11 is 1.79. The molecule has 0 bridgehead atoms. The van der Waals surface area contributed by atoms with Gasteiger partial charge in [0.25, 0.3) is 0 Å². The van der Waals surface area contributed by atoms with Crippen LogP contribution in [0, 0.1) is 13.8 Å². The molecule has 1 aliphatic heterocycles. The van der Waals surface area contributed by atoms with Crippen molar-refractivity contribution in [3.8, 4) is 0 Å². The molecule has 0 amide bonds. The lowest BCUT2D eigenvalue weighted by Gasteiger charge is -2.35. The lowest BCUT2D eigenvalue weighted by Crippen LogP contribution is -2.46. The van der Waals surface area contributed by atoms with Gasteiger partial charge in [0.2, 0.25) is 0 Å². The van der Waals surface area contributed by atoms with Crippen molar-refractivity contribution in [2.24, 2.45) is 4.99 Å². The normalized spacial score (nSPS) is 19.5. The quantitative estimate of drug-likeness (QED) is 0.586. The van der Waals surface area contributed by atoms with Crippen molar-refractivity contribution < 1.29 is 0 Å². The van der Waals surface area contributed by atoms with Gasteiger partial charge in [-0.3, -0.25) is 9.89 Å². The Labute approximate surface area is 151 Å². The van der Waals surface area contributed by atoms with Gasteiger partial charge in [0.15, 0.2) is 5.96 Å². The summed E-state index contributed by atoms with van der Waals surface area (Å²) < 4.78 is 0. The van der Waals surface area contributed by atoms with Crippen LogP contribution >= 0.6 is 11.3 Å². The molecule has 1 unspecified atom stereocenters. The monoisotopic (exact) mass is 351 g/mol. The van der Waals surface area contributed by atoms with Crippen LogP contribution in [0.3, 0.4) is 0 Å². The fraction of sp³-hybridized carbons (Fsp3) is 0.778. The topological polar surface area (TPSA) is 52.5 Å². The average Bonchev–Trinajstić information content (AvgIpc) is 2.91. The smallest absolute Gasteiger partial charge is 0.191 e. The lowest BCUT2D eigenvalue weighted by molar-refractivity contribution is 0.147. The Morgan fingerprint density at radius 1 is 1.29 bits per heavy atom. The van der Waals surface area contributed by atoms with Gasteiger partial charge < -0.3 is 10.6 Å². The Balaban J connectivity index is 1.67. The van der Waals surface area contributed by atoms with Gasteiger partial charge in [-0.15, -0.1) is 11.3 Å². The molecule has 0 spiro atoms. The number of guanidine groups is 1. The number of piperidine rings is 1. The first-order valence-corrected chi connectivity index (χ1v) is 10.1. The van der Waals surface area contributed by atoms with Gasteiger partial charge in [-0.1, -0.05) is 13.3 Å². The number of hydrogen-bond donors (Lipinski definition) is 2. The fourth-order valence-corrected chi connectivity index (χ4v) is 4.39. The molecule has 1 saturated heterocycles. The molecule has 136 valence electrons. The second kappa shape index (κ2) is 9.99. The number of thiazole rings is 1. The minimum atomic E-state index is 0.771. The van der Waals surface area contributed by atoms with E-state index in [1.165, 1.54) is 37.1 Å². The van der Waals surface area contributed by atoms with Crippen molar-refractivity contribution in [2.75, 3.05) is 33.2 Å². The molecule has 1 aromatic heterocycles. The lowest BCUT2D eigenvalue weighted by atomic mass is 10.0. The van der Waals surface area contributed by atoms with Gasteiger partial charge in [-0.2, -0.15) is 0 Å². The first kappa shape index (κ1) is 19.2. The zero-order chi connectivity index (χ0) is 17.4. The van der Waals surface area contributed by atoms with E-state index in [1.54, 1.807) is 11.3 Å². The van der Waals surface area contributed by atoms with Gasteiger partial charge in [0.1, 0.15) is 0 Å². The molecule has 24 heavy (non-hydrogen) atoms. The Morgan fingerprint density at radius 3 is 2.75 bits per heavy atom. The van der Waals surface area contributed by atoms with E-state index in [-0.39, 0.29) is 0 Å². The molecule has 0 saturated carbocycles. The van der Waals surface area contributed by atoms with Crippen molar-refractivity contribution in [3.05, 3.63) is 15.6 Å². The Hall–Kier alpha value is -1.14. The summed E-state index contributed by atoms with van der Waals surface area (Å²) in [5.41, 5.74) is 1.16. The zero-order valence-electron chi connectivity index (χ0n) is 15.7. The van der Waals surface area contributed by atoms with Crippen LogP contribution in [-0.2, 0) is 6.42 Å². The number of aromatic nitrogens is 1. The standard InChI is InChI=1S/C18H33N5S/c1-5-16-8-6-7-12-23(16)13-11-21-18(19-4)20-10-9-17-14(2)22-15(3)24-17/h16H,5-13H2,1-4H3,(H2,19,20,21). The third kappa shape index (κ3) is 5.74. The van der Waals surface area contributed by atoms with Gasteiger partial charge in [0.05, 0.1) is 10.7 Å². The zero-order valence-corrected chi connectivity index (χ0v) is 16.5. The van der Waals surface area contributed by atoms with Crippen molar-refractivity contribution in [1.29, 1.82) is 0 Å². The molecule has 2 rings (SSSR count). The van der Waals surface area contributed by atoms with E-state index in [0.29, 0.717) is 0 Å². The van der Waals surface area contributed by atoms with Crippen LogP contribution in [-0.4, -0.2) is 55.1 Å². The molecule has 2 N–H and O–H groups in total. The van der Waals surface area contributed by atoms with Crippen LogP contribution in [0.5, 0.6) is 0 Å². The molecule has 0 radical (unpaired) electrons. The van der Waals surface area contributed by atoms with Gasteiger partial charge >= 0.3 is 0 Å².